The molecule has 1 aromatic rings. The Bertz CT molecular complexity index is 258. The van der Waals surface area contributed by atoms with Crippen LogP contribution in [0, 0.1) is 6.92 Å². The van der Waals surface area contributed by atoms with Crippen LogP contribution in [0.3, 0.4) is 0 Å². The third kappa shape index (κ3) is 2.81. The minimum atomic E-state index is 0.407. The fraction of sp³-hybridized carbons (Fsp3) is 0.545. The summed E-state index contributed by atoms with van der Waals surface area (Å²) in [6, 6.07) is 6.59. The van der Waals surface area contributed by atoms with Gasteiger partial charge in [0, 0.05) is 11.7 Å². The first-order chi connectivity index (χ1) is 6.27. The van der Waals surface area contributed by atoms with Gasteiger partial charge < -0.3 is 5.32 Å². The molecular formula is C11H18N2. The van der Waals surface area contributed by atoms with Gasteiger partial charge in [0.2, 0.25) is 0 Å². The number of nitrogens with zero attached hydrogens (tertiary/aromatic N) is 1. The van der Waals surface area contributed by atoms with Crippen molar-refractivity contribution in [3.05, 3.63) is 29.6 Å². The van der Waals surface area contributed by atoms with Gasteiger partial charge in [0.05, 0.1) is 5.69 Å². The second-order valence-electron chi connectivity index (χ2n) is 3.33. The van der Waals surface area contributed by atoms with Crippen LogP contribution >= 0.6 is 0 Å². The van der Waals surface area contributed by atoms with Crippen LogP contribution in [0.4, 0.5) is 0 Å². The molecule has 0 aliphatic rings. The van der Waals surface area contributed by atoms with Crippen LogP contribution in [0.2, 0.25) is 0 Å². The summed E-state index contributed by atoms with van der Waals surface area (Å²) in [5, 5.41) is 3.28. The molecule has 0 aliphatic carbocycles. The summed E-state index contributed by atoms with van der Waals surface area (Å²) < 4.78 is 0. The van der Waals surface area contributed by atoms with Crippen molar-refractivity contribution in [3.63, 3.8) is 0 Å². The van der Waals surface area contributed by atoms with Crippen LogP contribution in [0.25, 0.3) is 0 Å². The smallest absolute Gasteiger partial charge is 0.0576 e. The van der Waals surface area contributed by atoms with Gasteiger partial charge in [-0.2, -0.15) is 0 Å². The highest BCUT2D eigenvalue weighted by atomic mass is 14.9. The Morgan fingerprint density at radius 2 is 2.23 bits per heavy atom. The zero-order valence-corrected chi connectivity index (χ0v) is 8.67. The molecule has 0 saturated heterocycles. The van der Waals surface area contributed by atoms with Crippen LogP contribution in [-0.4, -0.2) is 12.0 Å². The fourth-order valence-corrected chi connectivity index (χ4v) is 1.49. The van der Waals surface area contributed by atoms with Crippen molar-refractivity contribution in [2.45, 2.75) is 32.7 Å². The molecule has 1 heterocycles. The normalized spacial score (nSPS) is 12.8. The van der Waals surface area contributed by atoms with Gasteiger partial charge in [0.15, 0.2) is 0 Å². The van der Waals surface area contributed by atoms with Gasteiger partial charge >= 0.3 is 0 Å². The predicted octanol–water partition coefficient (Wildman–Crippen LogP) is 2.45. The molecule has 0 spiro atoms. The molecule has 72 valence electrons. The SMILES string of the molecule is CCCC(NC)c1cccc(C)n1. The Balaban J connectivity index is 2.78. The topological polar surface area (TPSA) is 24.9 Å². The predicted molar refractivity (Wildman–Crippen MR) is 55.7 cm³/mol. The van der Waals surface area contributed by atoms with Crippen molar-refractivity contribution in [1.82, 2.24) is 10.3 Å². The summed E-state index contributed by atoms with van der Waals surface area (Å²) in [5.74, 6) is 0. The van der Waals surface area contributed by atoms with Crippen LogP contribution in [0.1, 0.15) is 37.2 Å². The highest BCUT2D eigenvalue weighted by Crippen LogP contribution is 2.15. The molecule has 0 amide bonds. The van der Waals surface area contributed by atoms with Gasteiger partial charge in [0.25, 0.3) is 0 Å². The van der Waals surface area contributed by atoms with E-state index in [0.29, 0.717) is 6.04 Å². The van der Waals surface area contributed by atoms with Gasteiger partial charge in [-0.15, -0.1) is 0 Å². The van der Waals surface area contributed by atoms with Crippen molar-refractivity contribution in [1.29, 1.82) is 0 Å². The van der Waals surface area contributed by atoms with E-state index in [1.165, 1.54) is 6.42 Å². The summed E-state index contributed by atoms with van der Waals surface area (Å²) in [4.78, 5) is 4.50. The number of pyridine rings is 1. The Morgan fingerprint density at radius 3 is 2.77 bits per heavy atom. The number of aromatic nitrogens is 1. The molecule has 0 radical (unpaired) electrons. The van der Waals surface area contributed by atoms with Crippen molar-refractivity contribution in [2.24, 2.45) is 0 Å². The summed E-state index contributed by atoms with van der Waals surface area (Å²) >= 11 is 0. The first kappa shape index (κ1) is 10.2. The Hall–Kier alpha value is -0.890. The number of hydrogen-bond donors (Lipinski definition) is 1. The van der Waals surface area contributed by atoms with Crippen molar-refractivity contribution >= 4 is 0 Å². The van der Waals surface area contributed by atoms with Crippen LogP contribution < -0.4 is 5.32 Å². The van der Waals surface area contributed by atoms with E-state index in [0.717, 1.165) is 17.8 Å². The van der Waals surface area contributed by atoms with Crippen LogP contribution in [0.15, 0.2) is 18.2 Å². The second-order valence-corrected chi connectivity index (χ2v) is 3.33. The molecule has 0 fully saturated rings. The Morgan fingerprint density at radius 1 is 1.46 bits per heavy atom. The maximum Gasteiger partial charge on any atom is 0.0576 e. The first-order valence-corrected chi connectivity index (χ1v) is 4.88. The first-order valence-electron chi connectivity index (χ1n) is 4.88. The average molecular weight is 178 g/mol. The Kier molecular flexibility index (Phi) is 3.90. The molecule has 2 nitrogen and oxygen atoms in total. The van der Waals surface area contributed by atoms with E-state index in [4.69, 9.17) is 0 Å². The van der Waals surface area contributed by atoms with Gasteiger partial charge in [-0.25, -0.2) is 0 Å². The number of aryl methyl sites for hydroxylation is 1. The van der Waals surface area contributed by atoms with Gasteiger partial charge in [-0.05, 0) is 32.5 Å². The number of nitrogens with one attached hydrogen (secondary N) is 1. The molecule has 1 atom stereocenters. The molecule has 1 N–H and O–H groups in total. The summed E-state index contributed by atoms with van der Waals surface area (Å²) in [5.41, 5.74) is 2.25. The maximum atomic E-state index is 4.50. The highest BCUT2D eigenvalue weighted by Gasteiger charge is 2.08. The van der Waals surface area contributed by atoms with Gasteiger partial charge in [0.1, 0.15) is 0 Å². The number of hydrogen-bond acceptors (Lipinski definition) is 2. The van der Waals surface area contributed by atoms with Crippen molar-refractivity contribution < 1.29 is 0 Å². The molecule has 0 aromatic carbocycles. The monoisotopic (exact) mass is 178 g/mol. The van der Waals surface area contributed by atoms with E-state index in [2.05, 4.69) is 29.4 Å². The second kappa shape index (κ2) is 4.97. The lowest BCUT2D eigenvalue weighted by molar-refractivity contribution is 0.527. The van der Waals surface area contributed by atoms with E-state index < -0.39 is 0 Å². The minimum Gasteiger partial charge on any atom is -0.312 e. The third-order valence-electron chi connectivity index (χ3n) is 2.19. The standard InChI is InChI=1S/C11H18N2/c1-4-6-10(12-3)11-8-5-7-9(2)13-11/h5,7-8,10,12H,4,6H2,1-3H3. The van der Waals surface area contributed by atoms with Crippen LogP contribution in [0.5, 0.6) is 0 Å². The highest BCUT2D eigenvalue weighted by molar-refractivity contribution is 5.13. The lowest BCUT2D eigenvalue weighted by atomic mass is 10.1. The maximum absolute atomic E-state index is 4.50. The van der Waals surface area contributed by atoms with Gasteiger partial charge in [-0.1, -0.05) is 19.4 Å². The molecule has 1 unspecified atom stereocenters. The van der Waals surface area contributed by atoms with Gasteiger partial charge in [-0.3, -0.25) is 4.98 Å². The third-order valence-corrected chi connectivity index (χ3v) is 2.19. The van der Waals surface area contributed by atoms with E-state index in [1.54, 1.807) is 0 Å². The molecule has 13 heavy (non-hydrogen) atoms. The van der Waals surface area contributed by atoms with E-state index in [-0.39, 0.29) is 0 Å². The molecule has 0 saturated carbocycles. The van der Waals surface area contributed by atoms with Crippen molar-refractivity contribution in [3.8, 4) is 0 Å². The number of rotatable bonds is 4. The molecule has 0 aliphatic heterocycles. The van der Waals surface area contributed by atoms with Crippen molar-refractivity contribution in [2.75, 3.05) is 7.05 Å². The largest absolute Gasteiger partial charge is 0.312 e. The molecule has 0 bridgehead atoms. The fourth-order valence-electron chi connectivity index (χ4n) is 1.49. The van der Waals surface area contributed by atoms with E-state index in [9.17, 15) is 0 Å². The minimum absolute atomic E-state index is 0.407. The quantitative estimate of drug-likeness (QED) is 0.766. The average Bonchev–Trinajstić information content (AvgIpc) is 2.14. The molecular weight excluding hydrogens is 160 g/mol. The summed E-state index contributed by atoms with van der Waals surface area (Å²) in [7, 11) is 1.99. The van der Waals surface area contributed by atoms with Crippen LogP contribution in [-0.2, 0) is 0 Å². The molecule has 2 heteroatoms. The van der Waals surface area contributed by atoms with E-state index in [1.807, 2.05) is 20.0 Å². The zero-order chi connectivity index (χ0) is 9.68. The summed E-state index contributed by atoms with van der Waals surface area (Å²) in [6.07, 6.45) is 2.33. The Labute approximate surface area is 80.4 Å². The molecule has 1 aromatic heterocycles. The lowest BCUT2D eigenvalue weighted by Gasteiger charge is -2.14. The van der Waals surface area contributed by atoms with E-state index >= 15 is 0 Å². The molecule has 1 rings (SSSR count). The summed E-state index contributed by atoms with van der Waals surface area (Å²) in [6.45, 7) is 4.22. The lowest BCUT2D eigenvalue weighted by Crippen LogP contribution is -2.17. The zero-order valence-electron chi connectivity index (χ0n) is 8.67.